The van der Waals surface area contributed by atoms with Gasteiger partial charge in [-0.3, -0.25) is 9.59 Å². The summed E-state index contributed by atoms with van der Waals surface area (Å²) < 4.78 is 10.7. The third-order valence-corrected chi connectivity index (χ3v) is 5.33. The average Bonchev–Trinajstić information content (AvgIpc) is 3.06. The van der Waals surface area contributed by atoms with Crippen molar-refractivity contribution in [2.75, 3.05) is 40.0 Å². The van der Waals surface area contributed by atoms with E-state index in [-0.39, 0.29) is 17.7 Å². The molecule has 3 rings (SSSR count). The zero-order valence-electron chi connectivity index (χ0n) is 15.4. The SMILES string of the molecule is COc1ccccc1CCN1C[C@@H](C(=O)NCC2CCOCC2)CC1=O. The van der Waals surface area contributed by atoms with Gasteiger partial charge in [0.1, 0.15) is 5.75 Å². The lowest BCUT2D eigenvalue weighted by Crippen LogP contribution is -2.37. The maximum absolute atomic E-state index is 12.4. The number of ether oxygens (including phenoxy) is 2. The van der Waals surface area contributed by atoms with E-state index in [2.05, 4.69) is 5.32 Å². The first-order valence-corrected chi connectivity index (χ1v) is 9.42. The predicted molar refractivity (Wildman–Crippen MR) is 97.9 cm³/mol. The third-order valence-electron chi connectivity index (χ3n) is 5.33. The summed E-state index contributed by atoms with van der Waals surface area (Å²) in [6, 6.07) is 7.84. The highest BCUT2D eigenvalue weighted by Gasteiger charge is 2.34. The fourth-order valence-electron chi connectivity index (χ4n) is 3.67. The second-order valence-electron chi connectivity index (χ2n) is 7.10. The lowest BCUT2D eigenvalue weighted by molar-refractivity contribution is -0.129. The van der Waals surface area contributed by atoms with Crippen LogP contribution in [0.3, 0.4) is 0 Å². The fraction of sp³-hybridized carbons (Fsp3) is 0.600. The summed E-state index contributed by atoms with van der Waals surface area (Å²) in [5.41, 5.74) is 1.08. The highest BCUT2D eigenvalue weighted by Crippen LogP contribution is 2.22. The number of carbonyl (C=O) groups is 2. The van der Waals surface area contributed by atoms with Gasteiger partial charge in [-0.2, -0.15) is 0 Å². The Morgan fingerprint density at radius 2 is 2.08 bits per heavy atom. The molecule has 1 aromatic rings. The quantitative estimate of drug-likeness (QED) is 0.803. The summed E-state index contributed by atoms with van der Waals surface area (Å²) in [5, 5.41) is 3.03. The van der Waals surface area contributed by atoms with E-state index in [4.69, 9.17) is 9.47 Å². The van der Waals surface area contributed by atoms with Crippen molar-refractivity contribution in [3.63, 3.8) is 0 Å². The molecule has 1 N–H and O–H groups in total. The standard InChI is InChI=1S/C20H28N2O4/c1-25-18-5-3-2-4-16(18)6-9-22-14-17(12-19(22)23)20(24)21-13-15-7-10-26-11-8-15/h2-5,15,17H,6-14H2,1H3,(H,21,24)/t17-/m0/s1. The summed E-state index contributed by atoms with van der Waals surface area (Å²) in [7, 11) is 1.65. The van der Waals surface area contributed by atoms with Crippen molar-refractivity contribution >= 4 is 11.8 Å². The highest BCUT2D eigenvalue weighted by atomic mass is 16.5. The van der Waals surface area contributed by atoms with Crippen molar-refractivity contribution in [3.8, 4) is 5.75 Å². The molecule has 2 saturated heterocycles. The highest BCUT2D eigenvalue weighted by molar-refractivity contribution is 5.89. The summed E-state index contributed by atoms with van der Waals surface area (Å²) in [5.74, 6) is 1.16. The van der Waals surface area contributed by atoms with Crippen LogP contribution < -0.4 is 10.1 Å². The molecule has 0 spiro atoms. The van der Waals surface area contributed by atoms with Gasteiger partial charge in [-0.15, -0.1) is 0 Å². The largest absolute Gasteiger partial charge is 0.496 e. The molecule has 1 aromatic carbocycles. The Hall–Kier alpha value is -2.08. The molecule has 0 radical (unpaired) electrons. The number of hydrogen-bond acceptors (Lipinski definition) is 4. The van der Waals surface area contributed by atoms with Gasteiger partial charge >= 0.3 is 0 Å². The van der Waals surface area contributed by atoms with Gasteiger partial charge in [0.05, 0.1) is 13.0 Å². The van der Waals surface area contributed by atoms with Gasteiger partial charge < -0.3 is 19.7 Å². The van der Waals surface area contributed by atoms with Crippen LogP contribution in [0.5, 0.6) is 5.75 Å². The molecular weight excluding hydrogens is 332 g/mol. The second kappa shape index (κ2) is 9.03. The molecular formula is C20H28N2O4. The second-order valence-corrected chi connectivity index (χ2v) is 7.10. The van der Waals surface area contributed by atoms with Crippen molar-refractivity contribution in [3.05, 3.63) is 29.8 Å². The molecule has 142 valence electrons. The Balaban J connectivity index is 1.46. The number of benzene rings is 1. The molecule has 0 unspecified atom stereocenters. The van der Waals surface area contributed by atoms with Gasteiger partial charge in [0.15, 0.2) is 0 Å². The van der Waals surface area contributed by atoms with E-state index in [9.17, 15) is 9.59 Å². The number of nitrogens with zero attached hydrogens (tertiary/aromatic N) is 1. The topological polar surface area (TPSA) is 67.9 Å². The van der Waals surface area contributed by atoms with Gasteiger partial charge in [0, 0.05) is 39.3 Å². The van der Waals surface area contributed by atoms with Crippen LogP contribution in [0.15, 0.2) is 24.3 Å². The molecule has 2 aliphatic rings. The molecule has 0 bridgehead atoms. The minimum absolute atomic E-state index is 0.00429. The Morgan fingerprint density at radius 3 is 2.85 bits per heavy atom. The van der Waals surface area contributed by atoms with Crippen molar-refractivity contribution in [2.24, 2.45) is 11.8 Å². The number of likely N-dealkylation sites (tertiary alicyclic amines) is 1. The zero-order chi connectivity index (χ0) is 18.4. The van der Waals surface area contributed by atoms with E-state index >= 15 is 0 Å². The molecule has 26 heavy (non-hydrogen) atoms. The molecule has 1 atom stereocenters. The number of amides is 2. The van der Waals surface area contributed by atoms with Crippen molar-refractivity contribution in [1.29, 1.82) is 0 Å². The zero-order valence-corrected chi connectivity index (χ0v) is 15.4. The first kappa shape index (κ1) is 18.7. The number of rotatable bonds is 7. The summed E-state index contributed by atoms with van der Waals surface area (Å²) in [6.45, 7) is 3.36. The number of nitrogens with one attached hydrogen (secondary N) is 1. The third kappa shape index (κ3) is 4.75. The van der Waals surface area contributed by atoms with Crippen LogP contribution in [0, 0.1) is 11.8 Å². The normalized spacial score (nSPS) is 21.0. The first-order valence-electron chi connectivity index (χ1n) is 9.42. The van der Waals surface area contributed by atoms with Crippen LogP contribution in [0.4, 0.5) is 0 Å². The van der Waals surface area contributed by atoms with Crippen LogP contribution in [-0.4, -0.2) is 56.7 Å². The molecule has 6 heteroatoms. The van der Waals surface area contributed by atoms with Gasteiger partial charge in [0.25, 0.3) is 0 Å². The fourth-order valence-corrected chi connectivity index (χ4v) is 3.67. The van der Waals surface area contributed by atoms with Crippen LogP contribution in [0.1, 0.15) is 24.8 Å². The van der Waals surface area contributed by atoms with E-state index in [0.29, 0.717) is 32.0 Å². The smallest absolute Gasteiger partial charge is 0.225 e. The Morgan fingerprint density at radius 1 is 1.31 bits per heavy atom. The van der Waals surface area contributed by atoms with Gasteiger partial charge in [-0.05, 0) is 36.8 Å². The molecule has 0 aliphatic carbocycles. The summed E-state index contributed by atoms with van der Waals surface area (Å²) in [4.78, 5) is 26.5. The van der Waals surface area contributed by atoms with E-state index in [1.165, 1.54) is 0 Å². The lowest BCUT2D eigenvalue weighted by atomic mass is 10.00. The van der Waals surface area contributed by atoms with Crippen LogP contribution in [-0.2, 0) is 20.7 Å². The number of carbonyl (C=O) groups excluding carboxylic acids is 2. The van der Waals surface area contributed by atoms with E-state index < -0.39 is 0 Å². The molecule has 2 aliphatic heterocycles. The predicted octanol–water partition coefficient (Wildman–Crippen LogP) is 1.63. The van der Waals surface area contributed by atoms with E-state index in [0.717, 1.165) is 43.8 Å². The molecule has 2 amide bonds. The van der Waals surface area contributed by atoms with Gasteiger partial charge in [-0.1, -0.05) is 18.2 Å². The molecule has 0 saturated carbocycles. The number of methoxy groups -OCH3 is 1. The monoisotopic (exact) mass is 360 g/mol. The van der Waals surface area contributed by atoms with Gasteiger partial charge in [-0.25, -0.2) is 0 Å². The minimum Gasteiger partial charge on any atom is -0.496 e. The maximum Gasteiger partial charge on any atom is 0.225 e. The molecule has 2 fully saturated rings. The van der Waals surface area contributed by atoms with Crippen molar-refractivity contribution in [1.82, 2.24) is 10.2 Å². The van der Waals surface area contributed by atoms with E-state index in [1.54, 1.807) is 12.0 Å². The first-order chi connectivity index (χ1) is 12.7. The number of hydrogen-bond donors (Lipinski definition) is 1. The summed E-state index contributed by atoms with van der Waals surface area (Å²) >= 11 is 0. The number of para-hydroxylation sites is 1. The molecule has 0 aromatic heterocycles. The van der Waals surface area contributed by atoms with Crippen LogP contribution in [0.2, 0.25) is 0 Å². The van der Waals surface area contributed by atoms with Crippen LogP contribution in [0.25, 0.3) is 0 Å². The summed E-state index contributed by atoms with van der Waals surface area (Å²) in [6.07, 6.45) is 3.03. The Labute approximate surface area is 154 Å². The van der Waals surface area contributed by atoms with Crippen LogP contribution >= 0.6 is 0 Å². The van der Waals surface area contributed by atoms with Crippen molar-refractivity contribution in [2.45, 2.75) is 25.7 Å². The molecule has 2 heterocycles. The molecule has 6 nitrogen and oxygen atoms in total. The average molecular weight is 360 g/mol. The Kier molecular flexibility index (Phi) is 6.50. The van der Waals surface area contributed by atoms with E-state index in [1.807, 2.05) is 24.3 Å². The van der Waals surface area contributed by atoms with Gasteiger partial charge in [0.2, 0.25) is 11.8 Å². The lowest BCUT2D eigenvalue weighted by Gasteiger charge is -2.23. The van der Waals surface area contributed by atoms with Crippen molar-refractivity contribution < 1.29 is 19.1 Å². The maximum atomic E-state index is 12.4. The minimum atomic E-state index is -0.236. The Bertz CT molecular complexity index is 628.